The van der Waals surface area contributed by atoms with Crippen LogP contribution < -0.4 is 0 Å². The van der Waals surface area contributed by atoms with Crippen LogP contribution in [0, 0.1) is 26.7 Å². The highest BCUT2D eigenvalue weighted by Crippen LogP contribution is 2.21. The first kappa shape index (κ1) is 15.8. The highest BCUT2D eigenvalue weighted by molar-refractivity contribution is 5.94. The van der Waals surface area contributed by atoms with Gasteiger partial charge in [0.05, 0.1) is 5.69 Å². The molecule has 23 heavy (non-hydrogen) atoms. The molecule has 2 heterocycles. The molecule has 0 spiro atoms. The van der Waals surface area contributed by atoms with E-state index in [2.05, 4.69) is 22.8 Å². The van der Waals surface area contributed by atoms with E-state index in [4.69, 9.17) is 0 Å². The van der Waals surface area contributed by atoms with Crippen molar-refractivity contribution in [1.82, 2.24) is 14.7 Å². The summed E-state index contributed by atoms with van der Waals surface area (Å²) in [5.41, 5.74) is 4.29. The molecular formula is C19H25N3O. The Morgan fingerprint density at radius 2 is 1.78 bits per heavy atom. The van der Waals surface area contributed by atoms with Crippen molar-refractivity contribution in [2.24, 2.45) is 5.92 Å². The van der Waals surface area contributed by atoms with Gasteiger partial charge in [0.15, 0.2) is 0 Å². The van der Waals surface area contributed by atoms with Gasteiger partial charge < -0.3 is 4.90 Å². The highest BCUT2D eigenvalue weighted by atomic mass is 16.2. The molecule has 1 aromatic heterocycles. The van der Waals surface area contributed by atoms with E-state index >= 15 is 0 Å². The second-order valence-corrected chi connectivity index (χ2v) is 6.71. The molecule has 0 N–H and O–H groups in total. The van der Waals surface area contributed by atoms with Crippen molar-refractivity contribution < 1.29 is 4.79 Å². The van der Waals surface area contributed by atoms with Gasteiger partial charge >= 0.3 is 0 Å². The van der Waals surface area contributed by atoms with Crippen LogP contribution in [0.1, 0.15) is 40.2 Å². The number of hydrogen-bond acceptors (Lipinski definition) is 2. The first-order valence-electron chi connectivity index (χ1n) is 8.40. The van der Waals surface area contributed by atoms with E-state index < -0.39 is 0 Å². The Morgan fingerprint density at radius 3 is 2.35 bits per heavy atom. The minimum Gasteiger partial charge on any atom is -0.339 e. The molecule has 0 saturated carbocycles. The monoisotopic (exact) mass is 311 g/mol. The normalized spacial score (nSPS) is 15.9. The maximum absolute atomic E-state index is 12.5. The third-order valence-electron chi connectivity index (χ3n) is 4.73. The Morgan fingerprint density at radius 1 is 1.13 bits per heavy atom. The minimum atomic E-state index is 0.162. The van der Waals surface area contributed by atoms with Gasteiger partial charge in [-0.25, -0.2) is 0 Å². The van der Waals surface area contributed by atoms with Gasteiger partial charge in [-0.3, -0.25) is 9.48 Å². The maximum Gasteiger partial charge on any atom is 0.253 e. The van der Waals surface area contributed by atoms with Crippen LogP contribution in [0.2, 0.25) is 0 Å². The van der Waals surface area contributed by atoms with E-state index in [1.807, 2.05) is 43.0 Å². The van der Waals surface area contributed by atoms with Crippen molar-refractivity contribution >= 4 is 5.91 Å². The van der Waals surface area contributed by atoms with E-state index in [9.17, 15) is 4.79 Å². The van der Waals surface area contributed by atoms with Gasteiger partial charge in [0, 0.05) is 30.9 Å². The zero-order valence-electron chi connectivity index (χ0n) is 14.2. The van der Waals surface area contributed by atoms with Crippen LogP contribution in [0.25, 0.3) is 0 Å². The largest absolute Gasteiger partial charge is 0.339 e. The van der Waals surface area contributed by atoms with Crippen molar-refractivity contribution in [1.29, 1.82) is 0 Å². The Labute approximate surface area is 138 Å². The van der Waals surface area contributed by atoms with Crippen molar-refractivity contribution in [3.8, 4) is 0 Å². The topological polar surface area (TPSA) is 38.1 Å². The van der Waals surface area contributed by atoms with Crippen LogP contribution >= 0.6 is 0 Å². The Bertz CT molecular complexity index is 679. The fourth-order valence-electron chi connectivity index (χ4n) is 3.30. The molecule has 1 aliphatic rings. The van der Waals surface area contributed by atoms with Crippen molar-refractivity contribution in [2.45, 2.75) is 40.2 Å². The van der Waals surface area contributed by atoms with Gasteiger partial charge in [-0.2, -0.15) is 5.10 Å². The number of piperidine rings is 1. The molecule has 4 nitrogen and oxygen atoms in total. The van der Waals surface area contributed by atoms with Gasteiger partial charge in [0.25, 0.3) is 5.91 Å². The standard InChI is InChI=1S/C19H25N3O/c1-14-4-6-18(7-5-14)19(23)21-10-8-17(9-11-21)13-22-16(3)12-15(2)20-22/h4-7,12,17H,8-11,13H2,1-3H3. The molecule has 1 fully saturated rings. The van der Waals surface area contributed by atoms with E-state index in [1.54, 1.807) is 0 Å². The zero-order chi connectivity index (χ0) is 16.4. The first-order chi connectivity index (χ1) is 11.0. The van der Waals surface area contributed by atoms with Gasteiger partial charge in [0.2, 0.25) is 0 Å². The molecule has 1 aliphatic heterocycles. The van der Waals surface area contributed by atoms with Crippen LogP contribution in [0.15, 0.2) is 30.3 Å². The number of likely N-dealkylation sites (tertiary alicyclic amines) is 1. The number of carbonyl (C=O) groups excluding carboxylic acids is 1. The summed E-state index contributed by atoms with van der Waals surface area (Å²) in [4.78, 5) is 14.5. The summed E-state index contributed by atoms with van der Waals surface area (Å²) >= 11 is 0. The predicted molar refractivity (Wildman–Crippen MR) is 91.5 cm³/mol. The predicted octanol–water partition coefficient (Wildman–Crippen LogP) is 3.36. The van der Waals surface area contributed by atoms with Crippen LogP contribution in [-0.4, -0.2) is 33.7 Å². The van der Waals surface area contributed by atoms with E-state index in [0.717, 1.165) is 43.7 Å². The summed E-state index contributed by atoms with van der Waals surface area (Å²) in [5.74, 6) is 0.768. The molecule has 122 valence electrons. The van der Waals surface area contributed by atoms with Crippen molar-refractivity contribution in [3.05, 3.63) is 52.8 Å². The van der Waals surface area contributed by atoms with E-state index in [0.29, 0.717) is 5.92 Å². The Balaban J connectivity index is 1.56. The number of benzene rings is 1. The molecule has 1 aromatic carbocycles. The Hall–Kier alpha value is -2.10. The van der Waals surface area contributed by atoms with Crippen molar-refractivity contribution in [3.63, 3.8) is 0 Å². The molecule has 4 heteroatoms. The lowest BCUT2D eigenvalue weighted by molar-refractivity contribution is 0.0681. The molecule has 0 aliphatic carbocycles. The molecule has 1 amide bonds. The minimum absolute atomic E-state index is 0.162. The summed E-state index contributed by atoms with van der Waals surface area (Å²) in [7, 11) is 0. The van der Waals surface area contributed by atoms with Gasteiger partial charge in [-0.1, -0.05) is 17.7 Å². The number of aromatic nitrogens is 2. The molecule has 0 unspecified atom stereocenters. The van der Waals surface area contributed by atoms with Crippen LogP contribution in [-0.2, 0) is 6.54 Å². The number of hydrogen-bond donors (Lipinski definition) is 0. The van der Waals surface area contributed by atoms with Crippen molar-refractivity contribution in [2.75, 3.05) is 13.1 Å². The second-order valence-electron chi connectivity index (χ2n) is 6.71. The lowest BCUT2D eigenvalue weighted by Gasteiger charge is -2.32. The molecule has 2 aromatic rings. The van der Waals surface area contributed by atoms with Crippen LogP contribution in [0.4, 0.5) is 0 Å². The maximum atomic E-state index is 12.5. The molecule has 0 radical (unpaired) electrons. The van der Waals surface area contributed by atoms with Gasteiger partial charge in [-0.15, -0.1) is 0 Å². The fourth-order valence-corrected chi connectivity index (χ4v) is 3.30. The third-order valence-corrected chi connectivity index (χ3v) is 4.73. The number of carbonyl (C=O) groups is 1. The number of aryl methyl sites for hydroxylation is 3. The third kappa shape index (κ3) is 3.63. The summed E-state index contributed by atoms with van der Waals surface area (Å²) < 4.78 is 2.11. The average molecular weight is 311 g/mol. The molecule has 1 saturated heterocycles. The number of amides is 1. The fraction of sp³-hybridized carbons (Fsp3) is 0.474. The summed E-state index contributed by atoms with van der Waals surface area (Å²) in [6, 6.07) is 9.99. The lowest BCUT2D eigenvalue weighted by atomic mass is 9.96. The SMILES string of the molecule is Cc1ccc(C(=O)N2CCC(Cn3nc(C)cc3C)CC2)cc1. The van der Waals surface area contributed by atoms with E-state index in [-0.39, 0.29) is 5.91 Å². The summed E-state index contributed by atoms with van der Waals surface area (Å²) in [5, 5.41) is 4.55. The van der Waals surface area contributed by atoms with Gasteiger partial charge in [0.1, 0.15) is 0 Å². The second kappa shape index (κ2) is 6.57. The molecule has 0 atom stereocenters. The lowest BCUT2D eigenvalue weighted by Crippen LogP contribution is -2.39. The quantitative estimate of drug-likeness (QED) is 0.872. The highest BCUT2D eigenvalue weighted by Gasteiger charge is 2.24. The van der Waals surface area contributed by atoms with Crippen LogP contribution in [0.3, 0.4) is 0 Å². The summed E-state index contributed by atoms with van der Waals surface area (Å²) in [6.45, 7) is 8.83. The first-order valence-corrected chi connectivity index (χ1v) is 8.40. The van der Waals surface area contributed by atoms with Gasteiger partial charge in [-0.05, 0) is 57.7 Å². The number of nitrogens with zero attached hydrogens (tertiary/aromatic N) is 3. The zero-order valence-corrected chi connectivity index (χ0v) is 14.2. The molecule has 3 rings (SSSR count). The Kier molecular flexibility index (Phi) is 4.51. The van der Waals surface area contributed by atoms with E-state index in [1.165, 1.54) is 11.3 Å². The molecule has 0 bridgehead atoms. The van der Waals surface area contributed by atoms with Crippen LogP contribution in [0.5, 0.6) is 0 Å². The smallest absolute Gasteiger partial charge is 0.253 e. The summed E-state index contributed by atoms with van der Waals surface area (Å²) in [6.07, 6.45) is 2.10. The average Bonchev–Trinajstić information content (AvgIpc) is 2.86. The molecular weight excluding hydrogens is 286 g/mol. The number of rotatable bonds is 3.